The van der Waals surface area contributed by atoms with Gasteiger partial charge in [-0.2, -0.15) is 0 Å². The van der Waals surface area contributed by atoms with Crippen LogP contribution in [-0.4, -0.2) is 48.6 Å². The molecule has 0 spiro atoms. The van der Waals surface area contributed by atoms with Gasteiger partial charge in [0.2, 0.25) is 0 Å². The van der Waals surface area contributed by atoms with Crippen molar-refractivity contribution in [3.8, 4) is 5.75 Å². The smallest absolute Gasteiger partial charge is 0.122 e. The van der Waals surface area contributed by atoms with Gasteiger partial charge in [0.05, 0.1) is 13.2 Å². The van der Waals surface area contributed by atoms with E-state index < -0.39 is 0 Å². The molecule has 4 rings (SSSR count). The molecule has 148 valence electrons. The third-order valence-corrected chi connectivity index (χ3v) is 6.36. The number of rotatable bonds is 9. The van der Waals surface area contributed by atoms with Crippen molar-refractivity contribution in [2.75, 3.05) is 26.3 Å². The summed E-state index contributed by atoms with van der Waals surface area (Å²) in [5.74, 6) is 0.378. The average molecular weight is 380 g/mol. The van der Waals surface area contributed by atoms with Crippen molar-refractivity contribution < 1.29 is 14.6 Å². The van der Waals surface area contributed by atoms with Gasteiger partial charge in [-0.15, -0.1) is 0 Å². The number of likely N-dealkylation sites (tertiary alicyclic amines) is 1. The lowest BCUT2D eigenvalue weighted by Gasteiger charge is -2.56. The predicted molar refractivity (Wildman–Crippen MR) is 110 cm³/mol. The number of aromatic hydroxyl groups is 1. The van der Waals surface area contributed by atoms with E-state index in [2.05, 4.69) is 35.2 Å². The molecule has 0 radical (unpaired) electrons. The number of carbonyl (C=O) groups excluding carboxylic acids is 1. The Morgan fingerprint density at radius 3 is 2.57 bits per heavy atom. The van der Waals surface area contributed by atoms with Gasteiger partial charge in [-0.05, 0) is 36.5 Å². The maximum absolute atomic E-state index is 10.7. The number of ether oxygens (including phenoxy) is 1. The van der Waals surface area contributed by atoms with E-state index in [-0.39, 0.29) is 5.41 Å². The second-order valence-corrected chi connectivity index (χ2v) is 8.11. The van der Waals surface area contributed by atoms with Crippen LogP contribution in [0.2, 0.25) is 0 Å². The highest BCUT2D eigenvalue weighted by molar-refractivity contribution is 5.51. The zero-order valence-electron chi connectivity index (χ0n) is 16.3. The third kappa shape index (κ3) is 3.71. The summed E-state index contributed by atoms with van der Waals surface area (Å²) in [6, 6.07) is 17.3. The van der Waals surface area contributed by atoms with Crippen molar-refractivity contribution in [2.45, 2.75) is 43.6 Å². The molecule has 2 aliphatic rings. The number of hydrogen-bond acceptors (Lipinski definition) is 4. The molecule has 0 aromatic heterocycles. The Hall–Kier alpha value is -2.17. The molecule has 0 amide bonds. The molecule has 28 heavy (non-hydrogen) atoms. The van der Waals surface area contributed by atoms with E-state index in [1.807, 2.05) is 18.2 Å². The molecular weight excluding hydrogens is 350 g/mol. The van der Waals surface area contributed by atoms with Gasteiger partial charge in [0.15, 0.2) is 0 Å². The highest BCUT2D eigenvalue weighted by Crippen LogP contribution is 2.47. The van der Waals surface area contributed by atoms with Crippen molar-refractivity contribution in [2.24, 2.45) is 0 Å². The summed E-state index contributed by atoms with van der Waals surface area (Å²) in [5, 5.41) is 10.7. The molecule has 2 aromatic rings. The molecule has 0 bridgehead atoms. The van der Waals surface area contributed by atoms with E-state index >= 15 is 0 Å². The minimum Gasteiger partial charge on any atom is -0.508 e. The Labute approximate surface area is 167 Å². The van der Waals surface area contributed by atoms with Crippen LogP contribution in [0, 0.1) is 0 Å². The van der Waals surface area contributed by atoms with Gasteiger partial charge in [0, 0.05) is 36.5 Å². The summed E-state index contributed by atoms with van der Waals surface area (Å²) in [4.78, 5) is 13.0. The Balaban J connectivity index is 1.56. The summed E-state index contributed by atoms with van der Waals surface area (Å²) in [6.45, 7) is 2.99. The first-order valence-electron chi connectivity index (χ1n) is 10.4. The molecule has 2 fully saturated rings. The van der Waals surface area contributed by atoms with Crippen molar-refractivity contribution >= 4 is 6.29 Å². The second-order valence-electron chi connectivity index (χ2n) is 8.11. The molecular formula is C24H29NO3. The number of carbonyl (C=O) groups is 1. The number of phenolic OH excluding ortho intramolecular Hbond substituents is 1. The van der Waals surface area contributed by atoms with E-state index in [4.69, 9.17) is 4.74 Å². The van der Waals surface area contributed by atoms with Crippen molar-refractivity contribution in [3.63, 3.8) is 0 Å². The van der Waals surface area contributed by atoms with Gasteiger partial charge >= 0.3 is 0 Å². The monoisotopic (exact) mass is 379 g/mol. The first-order chi connectivity index (χ1) is 13.7. The maximum Gasteiger partial charge on any atom is 0.122 e. The van der Waals surface area contributed by atoms with Crippen molar-refractivity contribution in [1.29, 1.82) is 0 Å². The SMILES string of the molecule is O=CCCOCCc1ccc(O)c(C2(c3ccccc3)CN(C3CCC3)C2)c1. The highest BCUT2D eigenvalue weighted by atomic mass is 16.5. The van der Waals surface area contributed by atoms with Crippen LogP contribution in [0.25, 0.3) is 0 Å². The average Bonchev–Trinajstić information content (AvgIpc) is 2.65. The van der Waals surface area contributed by atoms with Gasteiger partial charge in [-0.3, -0.25) is 4.90 Å². The van der Waals surface area contributed by atoms with Gasteiger partial charge in [-0.25, -0.2) is 0 Å². The van der Waals surface area contributed by atoms with Gasteiger partial charge < -0.3 is 14.6 Å². The first kappa shape index (κ1) is 19.2. The van der Waals surface area contributed by atoms with Crippen LogP contribution in [0.15, 0.2) is 48.5 Å². The summed E-state index contributed by atoms with van der Waals surface area (Å²) >= 11 is 0. The number of nitrogens with zero attached hydrogens (tertiary/aromatic N) is 1. The van der Waals surface area contributed by atoms with Crippen LogP contribution in [0.5, 0.6) is 5.75 Å². The Bertz CT molecular complexity index is 795. The fourth-order valence-electron chi connectivity index (χ4n) is 4.47. The largest absolute Gasteiger partial charge is 0.508 e. The normalized spacial score (nSPS) is 19.0. The number of hydrogen-bond donors (Lipinski definition) is 1. The zero-order valence-corrected chi connectivity index (χ0v) is 16.3. The lowest BCUT2D eigenvalue weighted by atomic mass is 9.66. The topological polar surface area (TPSA) is 49.8 Å². The number of benzene rings is 2. The lowest BCUT2D eigenvalue weighted by Crippen LogP contribution is -2.64. The zero-order chi connectivity index (χ0) is 19.4. The van der Waals surface area contributed by atoms with Crippen LogP contribution in [0.4, 0.5) is 0 Å². The van der Waals surface area contributed by atoms with Gasteiger partial charge in [-0.1, -0.05) is 48.9 Å². The first-order valence-corrected chi connectivity index (χ1v) is 10.4. The maximum atomic E-state index is 10.7. The number of aldehydes is 1. The lowest BCUT2D eigenvalue weighted by molar-refractivity contribution is -0.108. The molecule has 1 aliphatic carbocycles. The quantitative estimate of drug-likeness (QED) is 0.533. The predicted octanol–water partition coefficient (Wildman–Crippen LogP) is 3.69. The molecule has 1 saturated carbocycles. The molecule has 1 heterocycles. The standard InChI is InChI=1S/C24H29NO3/c26-13-5-14-28-15-12-19-10-11-23(27)22(16-19)24(20-6-2-1-3-7-20)17-25(18-24)21-8-4-9-21/h1-3,6-7,10-11,13,16,21,27H,4-5,8-9,12,14-15,17-18H2. The molecule has 1 N–H and O–H groups in total. The van der Waals surface area contributed by atoms with Crippen LogP contribution in [0.3, 0.4) is 0 Å². The van der Waals surface area contributed by atoms with Crippen LogP contribution < -0.4 is 0 Å². The molecule has 1 saturated heterocycles. The molecule has 0 atom stereocenters. The molecule has 2 aromatic carbocycles. The minimum atomic E-state index is -0.144. The molecule has 0 unspecified atom stereocenters. The second kappa shape index (κ2) is 8.46. The van der Waals surface area contributed by atoms with E-state index in [0.29, 0.717) is 31.4 Å². The van der Waals surface area contributed by atoms with Gasteiger partial charge in [0.1, 0.15) is 12.0 Å². The Kier molecular flexibility index (Phi) is 5.79. The van der Waals surface area contributed by atoms with Crippen LogP contribution in [0.1, 0.15) is 42.4 Å². The molecule has 4 nitrogen and oxygen atoms in total. The van der Waals surface area contributed by atoms with E-state index in [0.717, 1.165) is 36.9 Å². The Morgan fingerprint density at radius 1 is 1.11 bits per heavy atom. The van der Waals surface area contributed by atoms with Crippen LogP contribution >= 0.6 is 0 Å². The molecule has 1 aliphatic heterocycles. The van der Waals surface area contributed by atoms with Crippen molar-refractivity contribution in [1.82, 2.24) is 4.90 Å². The van der Waals surface area contributed by atoms with Crippen LogP contribution in [-0.2, 0) is 21.4 Å². The van der Waals surface area contributed by atoms with E-state index in [1.165, 1.54) is 24.8 Å². The van der Waals surface area contributed by atoms with Crippen molar-refractivity contribution in [3.05, 3.63) is 65.2 Å². The summed E-state index contributed by atoms with van der Waals surface area (Å²) in [5.41, 5.74) is 3.33. The third-order valence-electron chi connectivity index (χ3n) is 6.36. The van der Waals surface area contributed by atoms with Gasteiger partial charge in [0.25, 0.3) is 0 Å². The molecule has 4 heteroatoms. The summed E-state index contributed by atoms with van der Waals surface area (Å²) < 4.78 is 5.53. The number of phenols is 1. The Morgan fingerprint density at radius 2 is 1.89 bits per heavy atom. The highest BCUT2D eigenvalue weighted by Gasteiger charge is 2.49. The minimum absolute atomic E-state index is 0.144. The summed E-state index contributed by atoms with van der Waals surface area (Å²) in [6.07, 6.45) is 6.04. The fourth-order valence-corrected chi connectivity index (χ4v) is 4.47. The fraction of sp³-hybridized carbons (Fsp3) is 0.458. The van der Waals surface area contributed by atoms with E-state index in [9.17, 15) is 9.90 Å². The van der Waals surface area contributed by atoms with E-state index in [1.54, 1.807) is 0 Å². The summed E-state index contributed by atoms with van der Waals surface area (Å²) in [7, 11) is 0.